The molecule has 0 aromatic carbocycles. The molecule has 0 unspecified atom stereocenters. The van der Waals surface area contributed by atoms with Crippen molar-refractivity contribution in [1.29, 1.82) is 0 Å². The van der Waals surface area contributed by atoms with Gasteiger partial charge in [0.2, 0.25) is 0 Å². The second kappa shape index (κ2) is 5.60. The van der Waals surface area contributed by atoms with Gasteiger partial charge < -0.3 is 14.7 Å². The Morgan fingerprint density at radius 2 is 2.40 bits per heavy atom. The van der Waals surface area contributed by atoms with E-state index in [0.717, 1.165) is 5.52 Å². The zero-order valence-electron chi connectivity index (χ0n) is 11.1. The molecular weight excluding hydrogens is 258 g/mol. The fourth-order valence-corrected chi connectivity index (χ4v) is 2.44. The van der Waals surface area contributed by atoms with Crippen molar-refractivity contribution in [2.24, 2.45) is 5.92 Å². The first-order valence-electron chi connectivity index (χ1n) is 6.70. The molecule has 0 radical (unpaired) electrons. The summed E-state index contributed by atoms with van der Waals surface area (Å²) in [7, 11) is 0. The third kappa shape index (κ3) is 2.39. The van der Waals surface area contributed by atoms with Crippen LogP contribution in [0.5, 0.6) is 0 Å². The number of hydrogen-bond donors (Lipinski definition) is 1. The van der Waals surface area contributed by atoms with Crippen molar-refractivity contribution in [3.8, 4) is 0 Å². The van der Waals surface area contributed by atoms with E-state index in [9.17, 15) is 9.90 Å². The molecule has 6 heteroatoms. The van der Waals surface area contributed by atoms with Crippen LogP contribution in [-0.4, -0.2) is 58.4 Å². The molecule has 0 aliphatic carbocycles. The van der Waals surface area contributed by atoms with E-state index in [0.29, 0.717) is 31.9 Å². The minimum absolute atomic E-state index is 0.0247. The molecule has 1 N–H and O–H groups in total. The molecular formula is C14H17N3O3. The van der Waals surface area contributed by atoms with Crippen LogP contribution in [0.4, 0.5) is 0 Å². The number of aliphatic hydroxyl groups excluding tert-OH is 1. The van der Waals surface area contributed by atoms with Crippen molar-refractivity contribution in [2.45, 2.75) is 0 Å². The van der Waals surface area contributed by atoms with Gasteiger partial charge in [0.15, 0.2) is 0 Å². The monoisotopic (exact) mass is 275 g/mol. The van der Waals surface area contributed by atoms with Gasteiger partial charge in [0.25, 0.3) is 5.91 Å². The topological polar surface area (TPSA) is 67.1 Å². The first-order valence-corrected chi connectivity index (χ1v) is 6.70. The van der Waals surface area contributed by atoms with Gasteiger partial charge in [0.1, 0.15) is 0 Å². The highest BCUT2D eigenvalue weighted by molar-refractivity contribution is 6.00. The van der Waals surface area contributed by atoms with Crippen molar-refractivity contribution in [3.63, 3.8) is 0 Å². The number of amides is 1. The van der Waals surface area contributed by atoms with E-state index in [-0.39, 0.29) is 18.4 Å². The van der Waals surface area contributed by atoms with E-state index < -0.39 is 0 Å². The molecule has 20 heavy (non-hydrogen) atoms. The molecule has 2 aromatic heterocycles. The molecule has 0 bridgehead atoms. The predicted octanol–water partition coefficient (Wildman–Crippen LogP) is 0.415. The molecule has 1 atom stereocenters. The van der Waals surface area contributed by atoms with Gasteiger partial charge in [0, 0.05) is 31.8 Å². The van der Waals surface area contributed by atoms with Gasteiger partial charge in [0.05, 0.1) is 30.5 Å². The van der Waals surface area contributed by atoms with Crippen LogP contribution in [-0.2, 0) is 4.74 Å². The number of ether oxygens (including phenoxy) is 1. The number of carbonyl (C=O) groups excluding carboxylic acids is 1. The molecule has 1 aliphatic rings. The van der Waals surface area contributed by atoms with Crippen molar-refractivity contribution < 1.29 is 14.6 Å². The molecule has 1 amide bonds. The Hall–Kier alpha value is -1.92. The number of hydrogen-bond acceptors (Lipinski definition) is 4. The summed E-state index contributed by atoms with van der Waals surface area (Å²) < 4.78 is 7.09. The maximum Gasteiger partial charge on any atom is 0.257 e. The molecule has 106 valence electrons. The van der Waals surface area contributed by atoms with Crippen molar-refractivity contribution >= 4 is 11.4 Å². The highest BCUT2D eigenvalue weighted by atomic mass is 16.5. The van der Waals surface area contributed by atoms with E-state index in [1.165, 1.54) is 0 Å². The van der Waals surface area contributed by atoms with Crippen LogP contribution in [0.3, 0.4) is 0 Å². The predicted molar refractivity (Wildman–Crippen MR) is 72.5 cm³/mol. The molecule has 0 spiro atoms. The molecule has 1 fully saturated rings. The highest BCUT2D eigenvalue weighted by Crippen LogP contribution is 2.15. The SMILES string of the molecule is O=C(c1cnn2ccccc12)N1CCOC[C@@H](CO)C1. The summed E-state index contributed by atoms with van der Waals surface area (Å²) in [5, 5.41) is 13.5. The van der Waals surface area contributed by atoms with E-state index >= 15 is 0 Å². The zero-order chi connectivity index (χ0) is 13.9. The number of aliphatic hydroxyl groups is 1. The Kier molecular flexibility index (Phi) is 3.66. The summed E-state index contributed by atoms with van der Waals surface area (Å²) in [5.41, 5.74) is 1.38. The normalized spacial score (nSPS) is 20.1. The first kappa shape index (κ1) is 13.1. The molecule has 2 aromatic rings. The van der Waals surface area contributed by atoms with Crippen molar-refractivity contribution in [1.82, 2.24) is 14.5 Å². The van der Waals surface area contributed by atoms with E-state index in [1.807, 2.05) is 24.4 Å². The number of pyridine rings is 1. The van der Waals surface area contributed by atoms with Gasteiger partial charge in [-0.25, -0.2) is 4.52 Å². The lowest BCUT2D eigenvalue weighted by Gasteiger charge is -2.22. The third-order valence-electron chi connectivity index (χ3n) is 3.54. The summed E-state index contributed by atoms with van der Waals surface area (Å²) >= 11 is 0. The second-order valence-electron chi connectivity index (χ2n) is 4.96. The molecule has 1 aliphatic heterocycles. The van der Waals surface area contributed by atoms with Crippen molar-refractivity contribution in [3.05, 3.63) is 36.2 Å². The largest absolute Gasteiger partial charge is 0.396 e. The minimum Gasteiger partial charge on any atom is -0.396 e. The van der Waals surface area contributed by atoms with Gasteiger partial charge in [-0.2, -0.15) is 5.10 Å². The van der Waals surface area contributed by atoms with Crippen molar-refractivity contribution in [2.75, 3.05) is 32.9 Å². The van der Waals surface area contributed by atoms with E-state index in [4.69, 9.17) is 4.74 Å². The van der Waals surface area contributed by atoms with E-state index in [1.54, 1.807) is 15.6 Å². The summed E-state index contributed by atoms with van der Waals surface area (Å²) in [5.74, 6) is -0.0848. The maximum absolute atomic E-state index is 12.6. The smallest absolute Gasteiger partial charge is 0.257 e. The molecule has 3 heterocycles. The summed E-state index contributed by atoms with van der Waals surface area (Å²) in [6, 6.07) is 5.63. The summed E-state index contributed by atoms with van der Waals surface area (Å²) in [4.78, 5) is 14.4. The molecule has 6 nitrogen and oxygen atoms in total. The second-order valence-corrected chi connectivity index (χ2v) is 4.96. The van der Waals surface area contributed by atoms with Gasteiger partial charge in [-0.1, -0.05) is 6.07 Å². The van der Waals surface area contributed by atoms with Crippen LogP contribution in [0, 0.1) is 5.92 Å². The van der Waals surface area contributed by atoms with Crippen LogP contribution < -0.4 is 0 Å². The Morgan fingerprint density at radius 3 is 3.25 bits per heavy atom. The lowest BCUT2D eigenvalue weighted by Crippen LogP contribution is -2.36. The van der Waals surface area contributed by atoms with Gasteiger partial charge in [-0.15, -0.1) is 0 Å². The molecule has 1 saturated heterocycles. The lowest BCUT2D eigenvalue weighted by atomic mass is 10.1. The average molecular weight is 275 g/mol. The van der Waals surface area contributed by atoms with Gasteiger partial charge in [-0.05, 0) is 12.1 Å². The zero-order valence-corrected chi connectivity index (χ0v) is 11.1. The van der Waals surface area contributed by atoms with Crippen LogP contribution in [0.25, 0.3) is 5.52 Å². The number of nitrogens with zero attached hydrogens (tertiary/aromatic N) is 3. The standard InChI is InChI=1S/C14H17N3O3/c18-9-11-8-16(5-6-20-10-11)14(19)12-7-15-17-4-2-1-3-13(12)17/h1-4,7,11,18H,5-6,8-10H2/t11-/m1/s1. The fraction of sp³-hybridized carbons (Fsp3) is 0.429. The van der Waals surface area contributed by atoms with Crippen LogP contribution in [0.1, 0.15) is 10.4 Å². The Balaban J connectivity index is 1.87. The summed E-state index contributed by atoms with van der Waals surface area (Å²) in [6.45, 7) is 2.08. The number of carbonyl (C=O) groups is 1. The Bertz CT molecular complexity index is 610. The lowest BCUT2D eigenvalue weighted by molar-refractivity contribution is 0.0730. The molecule has 3 rings (SSSR count). The number of rotatable bonds is 2. The maximum atomic E-state index is 12.6. The quantitative estimate of drug-likeness (QED) is 0.862. The molecule has 0 saturated carbocycles. The Labute approximate surface area is 116 Å². The van der Waals surface area contributed by atoms with Gasteiger partial charge in [-0.3, -0.25) is 4.79 Å². The first-order chi connectivity index (χ1) is 9.79. The van der Waals surface area contributed by atoms with Crippen LogP contribution >= 0.6 is 0 Å². The fourth-order valence-electron chi connectivity index (χ4n) is 2.44. The van der Waals surface area contributed by atoms with Crippen LogP contribution in [0.15, 0.2) is 30.6 Å². The average Bonchev–Trinajstić information content (AvgIpc) is 2.76. The van der Waals surface area contributed by atoms with E-state index in [2.05, 4.69) is 5.10 Å². The Morgan fingerprint density at radius 1 is 1.50 bits per heavy atom. The van der Waals surface area contributed by atoms with Gasteiger partial charge >= 0.3 is 0 Å². The minimum atomic E-state index is -0.0600. The number of fused-ring (bicyclic) bond motifs is 1. The number of aromatic nitrogens is 2. The summed E-state index contributed by atoms with van der Waals surface area (Å²) in [6.07, 6.45) is 3.41. The highest BCUT2D eigenvalue weighted by Gasteiger charge is 2.24. The third-order valence-corrected chi connectivity index (χ3v) is 3.54. The van der Waals surface area contributed by atoms with Crippen LogP contribution in [0.2, 0.25) is 0 Å².